The lowest BCUT2D eigenvalue weighted by atomic mass is 10.0. The highest BCUT2D eigenvalue weighted by atomic mass is 16.5. The predicted molar refractivity (Wildman–Crippen MR) is 57.0 cm³/mol. The van der Waals surface area contributed by atoms with E-state index in [4.69, 9.17) is 4.74 Å². The SMILES string of the molecule is CCCc1ccc(C(C)=O)cc1OC. The first-order valence-corrected chi connectivity index (χ1v) is 4.87. The summed E-state index contributed by atoms with van der Waals surface area (Å²) in [5, 5.41) is 0. The summed E-state index contributed by atoms with van der Waals surface area (Å²) in [6.07, 6.45) is 2.07. The first-order chi connectivity index (χ1) is 6.69. The van der Waals surface area contributed by atoms with E-state index in [1.165, 1.54) is 5.56 Å². The molecule has 1 aromatic carbocycles. The second-order valence-corrected chi connectivity index (χ2v) is 3.33. The average molecular weight is 192 g/mol. The number of hydrogen-bond acceptors (Lipinski definition) is 2. The number of Topliss-reactive ketones (excluding diaryl/α,β-unsaturated/α-hetero) is 1. The molecule has 14 heavy (non-hydrogen) atoms. The molecule has 0 spiro atoms. The molecule has 76 valence electrons. The van der Waals surface area contributed by atoms with Crippen molar-refractivity contribution in [3.63, 3.8) is 0 Å². The third kappa shape index (κ3) is 2.34. The highest BCUT2D eigenvalue weighted by Gasteiger charge is 2.05. The predicted octanol–water partition coefficient (Wildman–Crippen LogP) is 2.85. The van der Waals surface area contributed by atoms with Crippen LogP contribution in [0.3, 0.4) is 0 Å². The zero-order valence-electron chi connectivity index (χ0n) is 8.96. The van der Waals surface area contributed by atoms with Gasteiger partial charge in [-0.15, -0.1) is 0 Å². The van der Waals surface area contributed by atoms with E-state index < -0.39 is 0 Å². The second-order valence-electron chi connectivity index (χ2n) is 3.33. The van der Waals surface area contributed by atoms with Crippen molar-refractivity contribution in [1.82, 2.24) is 0 Å². The fourth-order valence-corrected chi connectivity index (χ4v) is 1.44. The number of benzene rings is 1. The van der Waals surface area contributed by atoms with Crippen LogP contribution in [0.5, 0.6) is 5.75 Å². The van der Waals surface area contributed by atoms with Crippen LogP contribution < -0.4 is 4.74 Å². The molecule has 0 unspecified atom stereocenters. The Labute approximate surface area is 84.9 Å². The van der Waals surface area contributed by atoms with Crippen molar-refractivity contribution in [2.24, 2.45) is 0 Å². The molecule has 0 heterocycles. The van der Waals surface area contributed by atoms with Crippen LogP contribution in [0.2, 0.25) is 0 Å². The van der Waals surface area contributed by atoms with Crippen molar-refractivity contribution in [3.8, 4) is 5.75 Å². The largest absolute Gasteiger partial charge is 0.496 e. The van der Waals surface area contributed by atoms with Gasteiger partial charge >= 0.3 is 0 Å². The van der Waals surface area contributed by atoms with Crippen molar-refractivity contribution in [1.29, 1.82) is 0 Å². The molecule has 0 aromatic heterocycles. The lowest BCUT2D eigenvalue weighted by molar-refractivity contribution is 0.101. The molecule has 2 heteroatoms. The second kappa shape index (κ2) is 4.80. The molecule has 0 atom stereocenters. The van der Waals surface area contributed by atoms with E-state index in [0.717, 1.165) is 18.6 Å². The molecule has 2 nitrogen and oxygen atoms in total. The Bertz CT molecular complexity index is 329. The summed E-state index contributed by atoms with van der Waals surface area (Å²) in [5.41, 5.74) is 1.88. The topological polar surface area (TPSA) is 26.3 Å². The van der Waals surface area contributed by atoms with Crippen molar-refractivity contribution >= 4 is 5.78 Å². The minimum absolute atomic E-state index is 0.0753. The number of carbonyl (C=O) groups excluding carboxylic acids is 1. The number of hydrogen-bond donors (Lipinski definition) is 0. The van der Waals surface area contributed by atoms with Crippen molar-refractivity contribution in [2.75, 3.05) is 7.11 Å². The molecule has 0 aliphatic heterocycles. The van der Waals surface area contributed by atoms with E-state index in [1.807, 2.05) is 18.2 Å². The minimum Gasteiger partial charge on any atom is -0.496 e. The third-order valence-electron chi connectivity index (χ3n) is 2.21. The van der Waals surface area contributed by atoms with Gasteiger partial charge in [-0.1, -0.05) is 25.5 Å². The van der Waals surface area contributed by atoms with Crippen LogP contribution in [0, 0.1) is 0 Å². The van der Waals surface area contributed by atoms with E-state index >= 15 is 0 Å². The van der Waals surface area contributed by atoms with Gasteiger partial charge in [0.15, 0.2) is 5.78 Å². The van der Waals surface area contributed by atoms with Gasteiger partial charge in [0.2, 0.25) is 0 Å². The Kier molecular flexibility index (Phi) is 3.69. The van der Waals surface area contributed by atoms with Gasteiger partial charge in [-0.25, -0.2) is 0 Å². The fourth-order valence-electron chi connectivity index (χ4n) is 1.44. The first kappa shape index (κ1) is 10.8. The maximum Gasteiger partial charge on any atom is 0.159 e. The van der Waals surface area contributed by atoms with Crippen LogP contribution in [0.15, 0.2) is 18.2 Å². The minimum atomic E-state index is 0.0753. The molecule has 0 aliphatic rings. The summed E-state index contributed by atoms with van der Waals surface area (Å²) >= 11 is 0. The van der Waals surface area contributed by atoms with E-state index in [0.29, 0.717) is 5.56 Å². The molecule has 0 amide bonds. The average Bonchev–Trinajstić information content (AvgIpc) is 2.18. The van der Waals surface area contributed by atoms with Crippen LogP contribution in [0.1, 0.15) is 36.2 Å². The Morgan fingerprint density at radius 3 is 2.64 bits per heavy atom. The standard InChI is InChI=1S/C12H16O2/c1-4-5-10-6-7-11(9(2)13)8-12(10)14-3/h6-8H,4-5H2,1-3H3. The Hall–Kier alpha value is -1.31. The van der Waals surface area contributed by atoms with Crippen molar-refractivity contribution in [2.45, 2.75) is 26.7 Å². The van der Waals surface area contributed by atoms with Crippen LogP contribution >= 0.6 is 0 Å². The Morgan fingerprint density at radius 2 is 2.14 bits per heavy atom. The first-order valence-electron chi connectivity index (χ1n) is 4.87. The Morgan fingerprint density at radius 1 is 1.43 bits per heavy atom. The number of rotatable bonds is 4. The molecular formula is C12H16O2. The molecule has 0 N–H and O–H groups in total. The summed E-state index contributed by atoms with van der Waals surface area (Å²) in [7, 11) is 1.64. The van der Waals surface area contributed by atoms with Gasteiger partial charge in [-0.3, -0.25) is 4.79 Å². The summed E-state index contributed by atoms with van der Waals surface area (Å²) in [5.74, 6) is 0.894. The number of carbonyl (C=O) groups is 1. The molecule has 0 fully saturated rings. The highest BCUT2D eigenvalue weighted by Crippen LogP contribution is 2.21. The van der Waals surface area contributed by atoms with Gasteiger partial charge in [-0.05, 0) is 25.0 Å². The van der Waals surface area contributed by atoms with Crippen LogP contribution in [0.4, 0.5) is 0 Å². The van der Waals surface area contributed by atoms with E-state index in [2.05, 4.69) is 6.92 Å². The third-order valence-corrected chi connectivity index (χ3v) is 2.21. The van der Waals surface area contributed by atoms with Crippen LogP contribution in [-0.4, -0.2) is 12.9 Å². The summed E-state index contributed by atoms with van der Waals surface area (Å²) in [6.45, 7) is 3.69. The Balaban J connectivity index is 3.04. The maximum atomic E-state index is 11.1. The summed E-state index contributed by atoms with van der Waals surface area (Å²) in [6, 6.07) is 5.64. The zero-order chi connectivity index (χ0) is 10.6. The maximum absolute atomic E-state index is 11.1. The molecule has 0 aliphatic carbocycles. The fraction of sp³-hybridized carbons (Fsp3) is 0.417. The highest BCUT2D eigenvalue weighted by molar-refractivity contribution is 5.94. The summed E-state index contributed by atoms with van der Waals surface area (Å²) in [4.78, 5) is 11.1. The van der Waals surface area contributed by atoms with Crippen LogP contribution in [-0.2, 0) is 6.42 Å². The monoisotopic (exact) mass is 192 g/mol. The van der Waals surface area contributed by atoms with Gasteiger partial charge in [0.05, 0.1) is 7.11 Å². The zero-order valence-corrected chi connectivity index (χ0v) is 8.96. The molecule has 0 radical (unpaired) electrons. The number of ether oxygens (including phenoxy) is 1. The normalized spacial score (nSPS) is 9.93. The van der Waals surface area contributed by atoms with Gasteiger partial charge in [0, 0.05) is 5.56 Å². The smallest absolute Gasteiger partial charge is 0.159 e. The molecule has 1 rings (SSSR count). The number of aryl methyl sites for hydroxylation is 1. The number of methoxy groups -OCH3 is 1. The molecule has 0 saturated heterocycles. The van der Waals surface area contributed by atoms with Gasteiger partial charge < -0.3 is 4.74 Å². The number of ketones is 1. The van der Waals surface area contributed by atoms with E-state index in [9.17, 15) is 4.79 Å². The van der Waals surface area contributed by atoms with Gasteiger partial charge in [0.1, 0.15) is 5.75 Å². The van der Waals surface area contributed by atoms with Crippen LogP contribution in [0.25, 0.3) is 0 Å². The lowest BCUT2D eigenvalue weighted by Crippen LogP contribution is -1.97. The summed E-state index contributed by atoms with van der Waals surface area (Å²) < 4.78 is 5.24. The quantitative estimate of drug-likeness (QED) is 0.686. The van der Waals surface area contributed by atoms with Gasteiger partial charge in [0.25, 0.3) is 0 Å². The van der Waals surface area contributed by atoms with Gasteiger partial charge in [-0.2, -0.15) is 0 Å². The lowest BCUT2D eigenvalue weighted by Gasteiger charge is -2.08. The van der Waals surface area contributed by atoms with E-state index in [-0.39, 0.29) is 5.78 Å². The molecule has 0 bridgehead atoms. The van der Waals surface area contributed by atoms with Crippen molar-refractivity contribution in [3.05, 3.63) is 29.3 Å². The van der Waals surface area contributed by atoms with Crippen molar-refractivity contribution < 1.29 is 9.53 Å². The molecule has 1 aromatic rings. The molecule has 0 saturated carbocycles. The molecular weight excluding hydrogens is 176 g/mol. The van der Waals surface area contributed by atoms with E-state index in [1.54, 1.807) is 14.0 Å².